The molecule has 0 aliphatic heterocycles. The highest BCUT2D eigenvalue weighted by Gasteiger charge is 2.29. The van der Waals surface area contributed by atoms with Gasteiger partial charge in [0.2, 0.25) is 5.91 Å². The maximum absolute atomic E-state index is 12.2. The molecule has 94 valence electrons. The van der Waals surface area contributed by atoms with Crippen molar-refractivity contribution in [2.75, 3.05) is 13.6 Å². The van der Waals surface area contributed by atoms with Gasteiger partial charge < -0.3 is 10.6 Å². The van der Waals surface area contributed by atoms with Crippen molar-refractivity contribution < 1.29 is 4.79 Å². The van der Waals surface area contributed by atoms with Crippen molar-refractivity contribution in [3.8, 4) is 0 Å². The first-order chi connectivity index (χ1) is 7.97. The normalized spacial score (nSPS) is 11.3. The lowest BCUT2D eigenvalue weighted by atomic mass is 9.88. The first-order valence-corrected chi connectivity index (χ1v) is 5.83. The van der Waals surface area contributed by atoms with Crippen molar-refractivity contribution in [2.24, 2.45) is 11.1 Å². The molecule has 2 N–H and O–H groups in total. The van der Waals surface area contributed by atoms with Crippen LogP contribution in [-0.4, -0.2) is 29.4 Å². The molecular formula is C13H21N3O. The minimum Gasteiger partial charge on any atom is -0.339 e. The lowest BCUT2D eigenvalue weighted by Gasteiger charge is -2.28. The second-order valence-corrected chi connectivity index (χ2v) is 4.90. The van der Waals surface area contributed by atoms with E-state index in [0.717, 1.165) is 5.69 Å². The highest BCUT2D eigenvalue weighted by molar-refractivity contribution is 5.81. The zero-order chi connectivity index (χ0) is 12.9. The molecule has 0 spiro atoms. The molecule has 1 amide bonds. The Morgan fingerprint density at radius 1 is 1.47 bits per heavy atom. The smallest absolute Gasteiger partial charge is 0.228 e. The highest BCUT2D eigenvalue weighted by Crippen LogP contribution is 2.22. The van der Waals surface area contributed by atoms with E-state index in [-0.39, 0.29) is 5.91 Å². The van der Waals surface area contributed by atoms with E-state index in [9.17, 15) is 4.79 Å². The molecule has 0 radical (unpaired) electrons. The predicted molar refractivity (Wildman–Crippen MR) is 68.2 cm³/mol. The van der Waals surface area contributed by atoms with Crippen LogP contribution in [0.25, 0.3) is 0 Å². The Labute approximate surface area is 103 Å². The van der Waals surface area contributed by atoms with Gasteiger partial charge in [-0.2, -0.15) is 0 Å². The third kappa shape index (κ3) is 3.82. The summed E-state index contributed by atoms with van der Waals surface area (Å²) >= 11 is 0. The topological polar surface area (TPSA) is 59.2 Å². The Balaban J connectivity index is 2.65. The number of nitrogens with two attached hydrogens (primary N) is 1. The van der Waals surface area contributed by atoms with Crippen LogP contribution in [0.3, 0.4) is 0 Å². The summed E-state index contributed by atoms with van der Waals surface area (Å²) in [7, 11) is 1.80. The first-order valence-electron chi connectivity index (χ1n) is 5.83. The molecule has 4 heteroatoms. The maximum Gasteiger partial charge on any atom is 0.228 e. The Morgan fingerprint density at radius 3 is 2.71 bits per heavy atom. The molecule has 1 aromatic rings. The van der Waals surface area contributed by atoms with Gasteiger partial charge in [-0.05, 0) is 25.1 Å². The minimum absolute atomic E-state index is 0.105. The van der Waals surface area contributed by atoms with Crippen LogP contribution in [-0.2, 0) is 11.3 Å². The average Bonchev–Trinajstić information content (AvgIpc) is 2.29. The second-order valence-electron chi connectivity index (χ2n) is 4.90. The summed E-state index contributed by atoms with van der Waals surface area (Å²) in [5.74, 6) is 0.105. The number of carbonyl (C=O) groups is 1. The van der Waals surface area contributed by atoms with E-state index in [1.54, 1.807) is 18.1 Å². The zero-order valence-corrected chi connectivity index (χ0v) is 10.8. The monoisotopic (exact) mass is 235 g/mol. The molecule has 0 atom stereocenters. The molecule has 0 saturated carbocycles. The van der Waals surface area contributed by atoms with Crippen LogP contribution in [0, 0.1) is 5.41 Å². The SMILES string of the molecule is CN(Cc1ccccn1)C(=O)C(C)(C)CCN. The van der Waals surface area contributed by atoms with E-state index in [1.807, 2.05) is 32.0 Å². The number of hydrogen-bond donors (Lipinski definition) is 1. The van der Waals surface area contributed by atoms with E-state index in [1.165, 1.54) is 0 Å². The molecule has 0 unspecified atom stereocenters. The molecule has 0 bridgehead atoms. The van der Waals surface area contributed by atoms with E-state index in [2.05, 4.69) is 4.98 Å². The molecule has 0 aliphatic rings. The third-order valence-corrected chi connectivity index (χ3v) is 2.82. The largest absolute Gasteiger partial charge is 0.339 e. The quantitative estimate of drug-likeness (QED) is 0.839. The molecule has 1 rings (SSSR count). The molecule has 17 heavy (non-hydrogen) atoms. The Hall–Kier alpha value is -1.42. The summed E-state index contributed by atoms with van der Waals surface area (Å²) in [6.45, 7) is 4.91. The van der Waals surface area contributed by atoms with E-state index < -0.39 is 5.41 Å². The van der Waals surface area contributed by atoms with Gasteiger partial charge in [-0.1, -0.05) is 19.9 Å². The number of rotatable bonds is 5. The van der Waals surface area contributed by atoms with Crippen LogP contribution < -0.4 is 5.73 Å². The molecular weight excluding hydrogens is 214 g/mol. The summed E-state index contributed by atoms with van der Waals surface area (Å²) < 4.78 is 0. The van der Waals surface area contributed by atoms with Crippen LogP contribution in [0.4, 0.5) is 0 Å². The van der Waals surface area contributed by atoms with Gasteiger partial charge in [-0.15, -0.1) is 0 Å². The molecule has 0 saturated heterocycles. The van der Waals surface area contributed by atoms with Gasteiger partial charge in [0, 0.05) is 18.7 Å². The summed E-state index contributed by atoms with van der Waals surface area (Å²) in [6, 6.07) is 5.70. The molecule has 0 aliphatic carbocycles. The predicted octanol–water partition coefficient (Wildman–Crippen LogP) is 1.41. The van der Waals surface area contributed by atoms with E-state index >= 15 is 0 Å². The summed E-state index contributed by atoms with van der Waals surface area (Å²) in [5.41, 5.74) is 6.01. The van der Waals surface area contributed by atoms with Gasteiger partial charge in [-0.3, -0.25) is 9.78 Å². The fraction of sp³-hybridized carbons (Fsp3) is 0.538. The van der Waals surface area contributed by atoms with Crippen LogP contribution in [0.2, 0.25) is 0 Å². The highest BCUT2D eigenvalue weighted by atomic mass is 16.2. The van der Waals surface area contributed by atoms with E-state index in [4.69, 9.17) is 5.73 Å². The van der Waals surface area contributed by atoms with Gasteiger partial charge >= 0.3 is 0 Å². The Bertz CT molecular complexity index is 362. The van der Waals surface area contributed by atoms with Gasteiger partial charge in [0.15, 0.2) is 0 Å². The Morgan fingerprint density at radius 2 is 2.18 bits per heavy atom. The van der Waals surface area contributed by atoms with Crippen LogP contribution in [0.1, 0.15) is 26.0 Å². The van der Waals surface area contributed by atoms with Crippen LogP contribution in [0.15, 0.2) is 24.4 Å². The van der Waals surface area contributed by atoms with Crippen molar-refractivity contribution >= 4 is 5.91 Å². The van der Waals surface area contributed by atoms with E-state index in [0.29, 0.717) is 19.5 Å². The number of hydrogen-bond acceptors (Lipinski definition) is 3. The van der Waals surface area contributed by atoms with Crippen LogP contribution in [0.5, 0.6) is 0 Å². The summed E-state index contributed by atoms with van der Waals surface area (Å²) in [5, 5.41) is 0. The number of aromatic nitrogens is 1. The average molecular weight is 235 g/mol. The standard InChI is InChI=1S/C13H21N3O/c1-13(2,7-8-14)12(17)16(3)10-11-6-4-5-9-15-11/h4-6,9H,7-8,10,14H2,1-3H3. The molecule has 0 fully saturated rings. The molecule has 4 nitrogen and oxygen atoms in total. The number of amides is 1. The van der Waals surface area contributed by atoms with Crippen molar-refractivity contribution in [2.45, 2.75) is 26.8 Å². The Kier molecular flexibility index (Phi) is 4.63. The summed E-state index contributed by atoms with van der Waals surface area (Å²) in [4.78, 5) is 18.1. The minimum atomic E-state index is -0.404. The van der Waals surface area contributed by atoms with Crippen molar-refractivity contribution in [1.82, 2.24) is 9.88 Å². The molecule has 0 aromatic carbocycles. The van der Waals surface area contributed by atoms with Crippen molar-refractivity contribution in [3.05, 3.63) is 30.1 Å². The van der Waals surface area contributed by atoms with Crippen molar-refractivity contribution in [3.63, 3.8) is 0 Å². The van der Waals surface area contributed by atoms with Crippen LogP contribution >= 0.6 is 0 Å². The third-order valence-electron chi connectivity index (χ3n) is 2.82. The lowest BCUT2D eigenvalue weighted by Crippen LogP contribution is -2.39. The van der Waals surface area contributed by atoms with Crippen molar-refractivity contribution in [1.29, 1.82) is 0 Å². The fourth-order valence-electron chi connectivity index (χ4n) is 1.79. The van der Waals surface area contributed by atoms with Gasteiger partial charge in [0.1, 0.15) is 0 Å². The number of nitrogens with zero attached hydrogens (tertiary/aromatic N) is 2. The fourth-order valence-corrected chi connectivity index (χ4v) is 1.79. The molecule has 1 heterocycles. The van der Waals surface area contributed by atoms with Gasteiger partial charge in [-0.25, -0.2) is 0 Å². The van der Waals surface area contributed by atoms with Gasteiger partial charge in [0.05, 0.1) is 12.2 Å². The van der Waals surface area contributed by atoms with Gasteiger partial charge in [0.25, 0.3) is 0 Å². The zero-order valence-electron chi connectivity index (χ0n) is 10.8. The number of carbonyl (C=O) groups excluding carboxylic acids is 1. The maximum atomic E-state index is 12.2. The molecule has 1 aromatic heterocycles. The lowest BCUT2D eigenvalue weighted by molar-refractivity contribution is -0.139. The summed E-state index contributed by atoms with van der Waals surface area (Å²) in [6.07, 6.45) is 2.43. The first kappa shape index (κ1) is 13.6. The second kappa shape index (κ2) is 5.77. The number of pyridine rings is 1.